The second kappa shape index (κ2) is 7.70. The summed E-state index contributed by atoms with van der Waals surface area (Å²) in [5.41, 5.74) is 11.3. The van der Waals surface area contributed by atoms with E-state index in [1.165, 1.54) is 24.0 Å². The summed E-state index contributed by atoms with van der Waals surface area (Å²) in [6.45, 7) is 12.7. The third-order valence-electron chi connectivity index (χ3n) is 6.40. The Labute approximate surface area is 180 Å². The highest BCUT2D eigenvalue weighted by Gasteiger charge is 2.37. The zero-order chi connectivity index (χ0) is 21.5. The summed E-state index contributed by atoms with van der Waals surface area (Å²) in [7, 11) is -1.83. The average molecular weight is 424 g/mol. The van der Waals surface area contributed by atoms with Gasteiger partial charge in [-0.15, -0.1) is 0 Å². The molecule has 0 radical (unpaired) electrons. The number of nitrogen functional groups attached to an aromatic ring is 1. The highest BCUT2D eigenvalue weighted by atomic mass is 28.4. The highest BCUT2D eigenvalue weighted by Crippen LogP contribution is 2.41. The van der Waals surface area contributed by atoms with Gasteiger partial charge in [0, 0.05) is 35.9 Å². The lowest BCUT2D eigenvalue weighted by Crippen LogP contribution is -2.40. The van der Waals surface area contributed by atoms with Crippen molar-refractivity contribution < 1.29 is 4.43 Å². The molecule has 0 atom stereocenters. The molecule has 3 heterocycles. The van der Waals surface area contributed by atoms with Crippen LogP contribution in [0.15, 0.2) is 36.8 Å². The molecule has 6 nitrogen and oxygen atoms in total. The predicted octanol–water partition coefficient (Wildman–Crippen LogP) is 5.32. The second-order valence-electron chi connectivity index (χ2n) is 9.91. The number of nitrogens with zero attached hydrogens (tertiary/aromatic N) is 3. The van der Waals surface area contributed by atoms with Crippen molar-refractivity contribution in [3.63, 3.8) is 0 Å². The van der Waals surface area contributed by atoms with Gasteiger partial charge in [0.1, 0.15) is 11.5 Å². The fourth-order valence-electron chi connectivity index (χ4n) is 3.30. The molecule has 160 valence electrons. The van der Waals surface area contributed by atoms with E-state index in [1.54, 1.807) is 6.20 Å². The SMILES string of the molecule is CC(C)(C)[Si](C)(C)OCc1cc(C2CC2)cn2cc(CNc3ccnc(N)c3)nc12. The smallest absolute Gasteiger partial charge is 0.192 e. The molecule has 0 aromatic carbocycles. The Morgan fingerprint density at radius 1 is 1.23 bits per heavy atom. The number of aromatic nitrogens is 3. The Kier molecular flexibility index (Phi) is 5.36. The molecule has 30 heavy (non-hydrogen) atoms. The van der Waals surface area contributed by atoms with E-state index in [2.05, 4.69) is 67.0 Å². The molecule has 0 saturated heterocycles. The second-order valence-corrected chi connectivity index (χ2v) is 14.7. The van der Waals surface area contributed by atoms with Gasteiger partial charge < -0.3 is 19.9 Å². The zero-order valence-corrected chi connectivity index (χ0v) is 19.7. The molecule has 0 aliphatic heterocycles. The standard InChI is InChI=1S/C23H33N5OSi/c1-23(2,3)30(4,5)29-15-18-10-17(16-6-7-16)13-28-14-20(27-22(18)28)12-26-19-8-9-25-21(24)11-19/h8-11,13-14,16H,6-7,12,15H2,1-5H3,(H3,24,25,26). The molecule has 4 rings (SSSR count). The quantitative estimate of drug-likeness (QED) is 0.503. The van der Waals surface area contributed by atoms with Gasteiger partial charge in [-0.1, -0.05) is 20.8 Å². The molecule has 0 unspecified atom stereocenters. The fraction of sp³-hybridized carbons (Fsp3) is 0.478. The average Bonchev–Trinajstić information content (AvgIpc) is 3.43. The van der Waals surface area contributed by atoms with Crippen LogP contribution in [0.3, 0.4) is 0 Å². The Balaban J connectivity index is 1.59. The van der Waals surface area contributed by atoms with Crippen LogP contribution in [0.4, 0.5) is 11.5 Å². The first kappa shape index (κ1) is 20.9. The van der Waals surface area contributed by atoms with Gasteiger partial charge in [0.2, 0.25) is 0 Å². The van der Waals surface area contributed by atoms with Gasteiger partial charge >= 0.3 is 0 Å². The van der Waals surface area contributed by atoms with Gasteiger partial charge in [0.05, 0.1) is 18.8 Å². The third-order valence-corrected chi connectivity index (χ3v) is 10.9. The first-order valence-corrected chi connectivity index (χ1v) is 13.6. The van der Waals surface area contributed by atoms with Gasteiger partial charge in [-0.25, -0.2) is 9.97 Å². The van der Waals surface area contributed by atoms with Crippen molar-refractivity contribution in [1.82, 2.24) is 14.4 Å². The predicted molar refractivity (Wildman–Crippen MR) is 125 cm³/mol. The largest absolute Gasteiger partial charge is 0.412 e. The maximum atomic E-state index is 6.54. The van der Waals surface area contributed by atoms with E-state index in [-0.39, 0.29) is 5.04 Å². The van der Waals surface area contributed by atoms with E-state index in [0.29, 0.717) is 24.9 Å². The summed E-state index contributed by atoms with van der Waals surface area (Å²) in [6, 6.07) is 6.06. The molecule has 0 bridgehead atoms. The number of fused-ring (bicyclic) bond motifs is 1. The van der Waals surface area contributed by atoms with Crippen molar-refractivity contribution in [2.24, 2.45) is 0 Å². The molecule has 3 N–H and O–H groups in total. The minimum Gasteiger partial charge on any atom is -0.412 e. The van der Waals surface area contributed by atoms with Crippen LogP contribution in [0.2, 0.25) is 18.1 Å². The maximum absolute atomic E-state index is 6.54. The topological polar surface area (TPSA) is 77.5 Å². The van der Waals surface area contributed by atoms with Crippen molar-refractivity contribution in [3.05, 3.63) is 53.6 Å². The molecule has 3 aromatic rings. The number of imidazole rings is 1. The van der Waals surface area contributed by atoms with E-state index in [9.17, 15) is 0 Å². The van der Waals surface area contributed by atoms with Crippen LogP contribution in [-0.4, -0.2) is 22.7 Å². The highest BCUT2D eigenvalue weighted by molar-refractivity contribution is 6.74. The molecule has 0 amide bonds. The van der Waals surface area contributed by atoms with Crippen molar-refractivity contribution >= 4 is 25.5 Å². The van der Waals surface area contributed by atoms with Gasteiger partial charge in [0.25, 0.3) is 0 Å². The number of hydrogen-bond acceptors (Lipinski definition) is 5. The van der Waals surface area contributed by atoms with Crippen LogP contribution in [0.25, 0.3) is 5.65 Å². The molecular weight excluding hydrogens is 390 g/mol. The van der Waals surface area contributed by atoms with Gasteiger partial charge in [0.15, 0.2) is 8.32 Å². The Morgan fingerprint density at radius 2 is 2.00 bits per heavy atom. The number of rotatable bonds is 7. The lowest BCUT2D eigenvalue weighted by molar-refractivity contribution is 0.277. The molecule has 1 fully saturated rings. The van der Waals surface area contributed by atoms with Gasteiger partial charge in [-0.2, -0.15) is 0 Å². The van der Waals surface area contributed by atoms with Crippen LogP contribution in [-0.2, 0) is 17.6 Å². The van der Waals surface area contributed by atoms with Crippen molar-refractivity contribution in [2.45, 2.75) is 70.8 Å². The van der Waals surface area contributed by atoms with Crippen molar-refractivity contribution in [2.75, 3.05) is 11.1 Å². The van der Waals surface area contributed by atoms with E-state index < -0.39 is 8.32 Å². The summed E-state index contributed by atoms with van der Waals surface area (Å²) >= 11 is 0. The van der Waals surface area contributed by atoms with Crippen LogP contribution >= 0.6 is 0 Å². The number of hydrogen-bond donors (Lipinski definition) is 2. The lowest BCUT2D eigenvalue weighted by Gasteiger charge is -2.36. The zero-order valence-electron chi connectivity index (χ0n) is 18.7. The minimum atomic E-state index is -1.83. The first-order valence-electron chi connectivity index (χ1n) is 10.7. The molecule has 1 saturated carbocycles. The summed E-state index contributed by atoms with van der Waals surface area (Å²) in [5.74, 6) is 1.19. The molecule has 3 aromatic heterocycles. The Morgan fingerprint density at radius 3 is 2.67 bits per heavy atom. The van der Waals surface area contributed by atoms with Crippen LogP contribution in [0.1, 0.15) is 56.4 Å². The summed E-state index contributed by atoms with van der Waals surface area (Å²) in [6.07, 6.45) is 8.62. The van der Waals surface area contributed by atoms with Crippen LogP contribution < -0.4 is 11.1 Å². The van der Waals surface area contributed by atoms with Gasteiger partial charge in [-0.3, -0.25) is 0 Å². The molecule has 1 aliphatic rings. The third kappa shape index (κ3) is 4.52. The Hall–Kier alpha value is -2.38. The van der Waals surface area contributed by atoms with Crippen molar-refractivity contribution in [3.8, 4) is 0 Å². The van der Waals surface area contributed by atoms with E-state index in [1.807, 2.05) is 12.1 Å². The van der Waals surface area contributed by atoms with E-state index in [0.717, 1.165) is 17.0 Å². The molecule has 1 aliphatic carbocycles. The summed E-state index contributed by atoms with van der Waals surface area (Å²) in [5, 5.41) is 3.58. The number of anilines is 2. The summed E-state index contributed by atoms with van der Waals surface area (Å²) in [4.78, 5) is 8.96. The monoisotopic (exact) mass is 423 g/mol. The van der Waals surface area contributed by atoms with Crippen LogP contribution in [0, 0.1) is 0 Å². The molecule has 0 spiro atoms. The maximum Gasteiger partial charge on any atom is 0.192 e. The van der Waals surface area contributed by atoms with Gasteiger partial charge in [-0.05, 0) is 54.6 Å². The van der Waals surface area contributed by atoms with Crippen molar-refractivity contribution in [1.29, 1.82) is 0 Å². The Bertz CT molecular complexity index is 1050. The van der Waals surface area contributed by atoms with E-state index in [4.69, 9.17) is 15.1 Å². The first-order chi connectivity index (χ1) is 14.1. The normalized spacial score (nSPS) is 15.0. The number of pyridine rings is 2. The fourth-order valence-corrected chi connectivity index (χ4v) is 4.25. The minimum absolute atomic E-state index is 0.189. The molecule has 7 heteroatoms. The number of nitrogens with one attached hydrogen (secondary N) is 1. The summed E-state index contributed by atoms with van der Waals surface area (Å²) < 4.78 is 8.72. The molecular formula is C23H33N5OSi. The number of nitrogens with two attached hydrogens (primary N) is 1. The van der Waals surface area contributed by atoms with Crippen LogP contribution in [0.5, 0.6) is 0 Å². The van der Waals surface area contributed by atoms with E-state index >= 15 is 0 Å². The lowest BCUT2D eigenvalue weighted by atomic mass is 10.1.